The minimum Gasteiger partial charge on any atom is -0.508 e. The lowest BCUT2D eigenvalue weighted by Crippen LogP contribution is -2.38. The molecule has 0 radical (unpaired) electrons. The van der Waals surface area contributed by atoms with Crippen molar-refractivity contribution in [2.45, 2.75) is 40.5 Å². The average molecular weight is 249 g/mol. The number of nitrogens with one attached hydrogen (secondary N) is 1. The minimum absolute atomic E-state index is 0.256. The molecular weight excluding hydrogens is 222 g/mol. The fraction of sp³-hybridized carbons (Fsp3) is 0.625. The summed E-state index contributed by atoms with van der Waals surface area (Å²) in [6, 6.07) is 7.59. The molecule has 0 spiro atoms. The van der Waals surface area contributed by atoms with Crippen molar-refractivity contribution in [3.8, 4) is 5.75 Å². The lowest BCUT2D eigenvalue weighted by atomic mass is 9.74. The third-order valence-electron chi connectivity index (χ3n) is 3.89. The summed E-state index contributed by atoms with van der Waals surface area (Å²) in [4.78, 5) is 0. The smallest absolute Gasteiger partial charge is 0.115 e. The molecule has 2 nitrogen and oxygen atoms in total. The molecule has 1 atom stereocenters. The second kappa shape index (κ2) is 6.79. The maximum Gasteiger partial charge on any atom is 0.115 e. The predicted molar refractivity (Wildman–Crippen MR) is 77.9 cm³/mol. The van der Waals surface area contributed by atoms with Gasteiger partial charge in [0.25, 0.3) is 0 Å². The van der Waals surface area contributed by atoms with Gasteiger partial charge in [0.05, 0.1) is 0 Å². The molecule has 2 N–H and O–H groups in total. The molecule has 0 fully saturated rings. The normalized spacial score (nSPS) is 14.7. The standard InChI is InChI=1S/C16H27NO/c1-5-10-17-12-16(4,13(2)3)11-14-6-8-15(18)9-7-14/h6-9,13,17-18H,5,10-12H2,1-4H3. The molecule has 102 valence electrons. The van der Waals surface area contributed by atoms with E-state index < -0.39 is 0 Å². The Morgan fingerprint density at radius 1 is 1.22 bits per heavy atom. The molecule has 0 aliphatic heterocycles. The van der Waals surface area contributed by atoms with Crippen molar-refractivity contribution >= 4 is 0 Å². The minimum atomic E-state index is 0.256. The first kappa shape index (κ1) is 15.0. The zero-order valence-corrected chi connectivity index (χ0v) is 12.2. The SMILES string of the molecule is CCCNCC(C)(Cc1ccc(O)cc1)C(C)C. The number of phenols is 1. The van der Waals surface area contributed by atoms with Crippen LogP contribution >= 0.6 is 0 Å². The summed E-state index contributed by atoms with van der Waals surface area (Å²) in [7, 11) is 0. The van der Waals surface area contributed by atoms with Crippen molar-refractivity contribution in [1.82, 2.24) is 5.32 Å². The summed E-state index contributed by atoms with van der Waals surface area (Å²) >= 11 is 0. The Kier molecular flexibility index (Phi) is 5.67. The predicted octanol–water partition coefficient (Wildman–Crippen LogP) is 3.60. The van der Waals surface area contributed by atoms with Gasteiger partial charge in [-0.2, -0.15) is 0 Å². The van der Waals surface area contributed by atoms with Crippen LogP contribution in [-0.4, -0.2) is 18.2 Å². The van der Waals surface area contributed by atoms with Crippen LogP contribution in [0.2, 0.25) is 0 Å². The van der Waals surface area contributed by atoms with Gasteiger partial charge < -0.3 is 10.4 Å². The highest BCUT2D eigenvalue weighted by molar-refractivity contribution is 5.26. The third-order valence-corrected chi connectivity index (χ3v) is 3.89. The summed E-state index contributed by atoms with van der Waals surface area (Å²) in [6.45, 7) is 11.2. The van der Waals surface area contributed by atoms with Crippen LogP contribution < -0.4 is 5.32 Å². The highest BCUT2D eigenvalue weighted by Crippen LogP contribution is 2.31. The van der Waals surface area contributed by atoms with Crippen molar-refractivity contribution in [3.63, 3.8) is 0 Å². The first-order chi connectivity index (χ1) is 8.48. The average Bonchev–Trinajstić information content (AvgIpc) is 2.32. The van der Waals surface area contributed by atoms with Crippen LogP contribution in [0, 0.1) is 11.3 Å². The van der Waals surface area contributed by atoms with Crippen LogP contribution in [0.5, 0.6) is 5.75 Å². The van der Waals surface area contributed by atoms with Gasteiger partial charge in [-0.15, -0.1) is 0 Å². The number of phenolic OH excluding ortho intramolecular Hbond substituents is 1. The van der Waals surface area contributed by atoms with Gasteiger partial charge in [-0.3, -0.25) is 0 Å². The zero-order chi connectivity index (χ0) is 13.6. The molecule has 0 heterocycles. The fourth-order valence-electron chi connectivity index (χ4n) is 2.10. The van der Waals surface area contributed by atoms with E-state index in [1.54, 1.807) is 12.1 Å². The highest BCUT2D eigenvalue weighted by Gasteiger charge is 2.28. The molecule has 0 aliphatic carbocycles. The molecule has 0 aromatic heterocycles. The number of aromatic hydroxyl groups is 1. The zero-order valence-electron chi connectivity index (χ0n) is 12.2. The summed E-state index contributed by atoms with van der Waals surface area (Å²) < 4.78 is 0. The second-order valence-electron chi connectivity index (χ2n) is 5.83. The summed E-state index contributed by atoms with van der Waals surface area (Å²) in [6.07, 6.45) is 2.22. The Balaban J connectivity index is 2.69. The molecule has 18 heavy (non-hydrogen) atoms. The monoisotopic (exact) mass is 249 g/mol. The molecule has 0 saturated heterocycles. The lowest BCUT2D eigenvalue weighted by Gasteiger charge is -2.34. The van der Waals surface area contributed by atoms with Gasteiger partial charge in [-0.05, 0) is 48.4 Å². The van der Waals surface area contributed by atoms with Gasteiger partial charge in [0, 0.05) is 6.54 Å². The molecule has 1 unspecified atom stereocenters. The molecule has 0 saturated carbocycles. The van der Waals surface area contributed by atoms with Crippen molar-refractivity contribution in [2.75, 3.05) is 13.1 Å². The molecule has 1 rings (SSSR count). The Bertz CT molecular complexity index is 345. The Morgan fingerprint density at radius 3 is 2.33 bits per heavy atom. The van der Waals surface area contributed by atoms with Crippen LogP contribution in [0.1, 0.15) is 39.7 Å². The van der Waals surface area contributed by atoms with Gasteiger partial charge >= 0.3 is 0 Å². The van der Waals surface area contributed by atoms with Gasteiger partial charge in [0.2, 0.25) is 0 Å². The van der Waals surface area contributed by atoms with Crippen molar-refractivity contribution in [3.05, 3.63) is 29.8 Å². The van der Waals surface area contributed by atoms with Crippen molar-refractivity contribution in [1.29, 1.82) is 0 Å². The maximum atomic E-state index is 9.33. The van der Waals surface area contributed by atoms with E-state index >= 15 is 0 Å². The van der Waals surface area contributed by atoms with E-state index in [0.29, 0.717) is 11.7 Å². The molecule has 0 amide bonds. The molecule has 2 heteroatoms. The number of hydrogen-bond acceptors (Lipinski definition) is 2. The van der Waals surface area contributed by atoms with E-state index in [0.717, 1.165) is 19.5 Å². The van der Waals surface area contributed by atoms with E-state index in [9.17, 15) is 5.11 Å². The molecule has 1 aromatic carbocycles. The van der Waals surface area contributed by atoms with Gasteiger partial charge in [-0.1, -0.05) is 39.8 Å². The summed E-state index contributed by atoms with van der Waals surface area (Å²) in [5.74, 6) is 0.963. The lowest BCUT2D eigenvalue weighted by molar-refractivity contribution is 0.207. The van der Waals surface area contributed by atoms with E-state index in [2.05, 4.69) is 33.0 Å². The van der Waals surface area contributed by atoms with Crippen molar-refractivity contribution in [2.24, 2.45) is 11.3 Å². The van der Waals surface area contributed by atoms with Gasteiger partial charge in [0.1, 0.15) is 5.75 Å². The van der Waals surface area contributed by atoms with Gasteiger partial charge in [-0.25, -0.2) is 0 Å². The van der Waals surface area contributed by atoms with Gasteiger partial charge in [0.15, 0.2) is 0 Å². The highest BCUT2D eigenvalue weighted by atomic mass is 16.3. The van der Waals surface area contributed by atoms with Crippen LogP contribution in [0.4, 0.5) is 0 Å². The Morgan fingerprint density at radius 2 is 1.83 bits per heavy atom. The second-order valence-corrected chi connectivity index (χ2v) is 5.83. The first-order valence-corrected chi connectivity index (χ1v) is 6.96. The summed E-state index contributed by atoms with van der Waals surface area (Å²) in [5, 5.41) is 12.9. The quantitative estimate of drug-likeness (QED) is 0.724. The van der Waals surface area contributed by atoms with Crippen LogP contribution in [0.25, 0.3) is 0 Å². The van der Waals surface area contributed by atoms with Crippen LogP contribution in [0.3, 0.4) is 0 Å². The van der Waals surface area contributed by atoms with E-state index in [1.165, 1.54) is 12.0 Å². The number of rotatable bonds is 7. The number of benzene rings is 1. The molecule has 0 bridgehead atoms. The maximum absolute atomic E-state index is 9.33. The van der Waals surface area contributed by atoms with E-state index in [-0.39, 0.29) is 5.41 Å². The molecule has 0 aliphatic rings. The Hall–Kier alpha value is -1.02. The summed E-state index contributed by atoms with van der Waals surface area (Å²) in [5.41, 5.74) is 1.55. The number of hydrogen-bond donors (Lipinski definition) is 2. The Labute approximate surface area is 111 Å². The molecular formula is C16H27NO. The van der Waals surface area contributed by atoms with Crippen LogP contribution in [0.15, 0.2) is 24.3 Å². The third kappa shape index (κ3) is 4.34. The molecule has 1 aromatic rings. The van der Waals surface area contributed by atoms with E-state index in [4.69, 9.17) is 0 Å². The van der Waals surface area contributed by atoms with E-state index in [1.807, 2.05) is 12.1 Å². The van der Waals surface area contributed by atoms with Crippen molar-refractivity contribution < 1.29 is 5.11 Å². The largest absolute Gasteiger partial charge is 0.508 e. The first-order valence-electron chi connectivity index (χ1n) is 6.96. The van der Waals surface area contributed by atoms with Crippen LogP contribution in [-0.2, 0) is 6.42 Å². The fourth-order valence-corrected chi connectivity index (χ4v) is 2.10. The topological polar surface area (TPSA) is 32.3 Å².